The zero-order valence-electron chi connectivity index (χ0n) is 9.05. The van der Waals surface area contributed by atoms with Crippen molar-refractivity contribution in [1.29, 1.82) is 0 Å². The van der Waals surface area contributed by atoms with Gasteiger partial charge in [0.25, 0.3) is 0 Å². The molecule has 0 saturated carbocycles. The highest BCUT2D eigenvalue weighted by Crippen LogP contribution is 2.15. The van der Waals surface area contributed by atoms with Crippen molar-refractivity contribution in [3.63, 3.8) is 0 Å². The zero-order valence-corrected chi connectivity index (χ0v) is 9.05. The maximum absolute atomic E-state index is 13.3. The zero-order chi connectivity index (χ0) is 11.4. The Bertz CT molecular complexity index is 382. The third-order valence-corrected chi connectivity index (χ3v) is 2.84. The van der Waals surface area contributed by atoms with Gasteiger partial charge in [-0.1, -0.05) is 30.7 Å². The predicted octanol–water partition coefficient (Wildman–Crippen LogP) is 3.12. The second-order valence-corrected chi connectivity index (χ2v) is 4.06. The minimum absolute atomic E-state index is 0.288. The molecular weight excluding hydrogens is 208 g/mol. The van der Waals surface area contributed by atoms with E-state index in [9.17, 15) is 8.78 Å². The smallest absolute Gasteiger partial charge is 0.166 e. The summed E-state index contributed by atoms with van der Waals surface area (Å²) >= 11 is 0. The Morgan fingerprint density at radius 3 is 2.88 bits per heavy atom. The second-order valence-electron chi connectivity index (χ2n) is 4.06. The summed E-state index contributed by atoms with van der Waals surface area (Å²) in [5, 5.41) is 3.32. The lowest BCUT2D eigenvalue weighted by molar-refractivity contribution is 0.455. The van der Waals surface area contributed by atoms with Crippen LogP contribution in [-0.2, 0) is 0 Å². The van der Waals surface area contributed by atoms with Crippen LogP contribution in [0, 0.1) is 11.6 Å². The first kappa shape index (κ1) is 11.3. The molecule has 1 aromatic carbocycles. The summed E-state index contributed by atoms with van der Waals surface area (Å²) in [4.78, 5) is 0. The summed E-state index contributed by atoms with van der Waals surface area (Å²) in [5.74, 6) is -1.56. The molecule has 16 heavy (non-hydrogen) atoms. The Kier molecular flexibility index (Phi) is 3.67. The van der Waals surface area contributed by atoms with Crippen molar-refractivity contribution in [3.05, 3.63) is 41.5 Å². The number of piperidine rings is 1. The molecule has 1 heterocycles. The van der Waals surface area contributed by atoms with Crippen LogP contribution in [-0.4, -0.2) is 12.6 Å². The molecule has 1 unspecified atom stereocenters. The standard InChI is InChI=1S/C13H15F2N/c14-12-6-3-4-10(13(12)15)7-8-11-5-1-2-9-16-11/h3-4,6-8,11,16H,1-2,5,9H2/b8-7+. The molecule has 1 fully saturated rings. The highest BCUT2D eigenvalue weighted by molar-refractivity contribution is 5.50. The first-order chi connectivity index (χ1) is 7.77. The summed E-state index contributed by atoms with van der Waals surface area (Å²) in [5.41, 5.74) is 0.312. The molecule has 1 aromatic rings. The molecule has 1 aliphatic heterocycles. The van der Waals surface area contributed by atoms with Gasteiger partial charge in [0.1, 0.15) is 0 Å². The Balaban J connectivity index is 2.07. The molecule has 1 atom stereocenters. The summed E-state index contributed by atoms with van der Waals surface area (Å²) < 4.78 is 26.2. The molecule has 0 amide bonds. The number of hydrogen-bond acceptors (Lipinski definition) is 1. The SMILES string of the molecule is Fc1cccc(/C=C/C2CCCCN2)c1F. The van der Waals surface area contributed by atoms with Crippen molar-refractivity contribution >= 4 is 6.08 Å². The number of rotatable bonds is 2. The lowest BCUT2D eigenvalue weighted by Crippen LogP contribution is -2.32. The van der Waals surface area contributed by atoms with Crippen molar-refractivity contribution in [2.45, 2.75) is 25.3 Å². The van der Waals surface area contributed by atoms with E-state index in [2.05, 4.69) is 5.32 Å². The van der Waals surface area contributed by atoms with E-state index in [0.717, 1.165) is 19.0 Å². The molecule has 86 valence electrons. The fraction of sp³-hybridized carbons (Fsp3) is 0.385. The van der Waals surface area contributed by atoms with Gasteiger partial charge in [-0.15, -0.1) is 0 Å². The van der Waals surface area contributed by atoms with Crippen LogP contribution >= 0.6 is 0 Å². The van der Waals surface area contributed by atoms with Gasteiger partial charge in [-0.05, 0) is 25.5 Å². The third kappa shape index (κ3) is 2.67. The van der Waals surface area contributed by atoms with Crippen molar-refractivity contribution in [2.75, 3.05) is 6.54 Å². The number of hydrogen-bond donors (Lipinski definition) is 1. The van der Waals surface area contributed by atoms with Crippen LogP contribution in [0.3, 0.4) is 0 Å². The van der Waals surface area contributed by atoms with E-state index >= 15 is 0 Å². The first-order valence-electron chi connectivity index (χ1n) is 5.63. The summed E-state index contributed by atoms with van der Waals surface area (Å²) in [6, 6.07) is 4.52. The number of nitrogens with one attached hydrogen (secondary N) is 1. The molecule has 1 nitrogen and oxygen atoms in total. The molecule has 3 heteroatoms. The van der Waals surface area contributed by atoms with E-state index in [1.165, 1.54) is 18.9 Å². The highest BCUT2D eigenvalue weighted by Gasteiger charge is 2.09. The summed E-state index contributed by atoms with van der Waals surface area (Å²) in [6.07, 6.45) is 7.01. The van der Waals surface area contributed by atoms with Gasteiger partial charge in [0, 0.05) is 11.6 Å². The van der Waals surface area contributed by atoms with Crippen LogP contribution in [0.2, 0.25) is 0 Å². The molecule has 2 rings (SSSR count). The molecule has 0 radical (unpaired) electrons. The molecule has 1 N–H and O–H groups in total. The normalized spacial score (nSPS) is 21.5. The lowest BCUT2D eigenvalue weighted by Gasteiger charge is -2.20. The van der Waals surface area contributed by atoms with Crippen LogP contribution in [0.1, 0.15) is 24.8 Å². The molecule has 1 saturated heterocycles. The van der Waals surface area contributed by atoms with E-state index in [1.54, 1.807) is 12.1 Å². The van der Waals surface area contributed by atoms with Crippen LogP contribution in [0.5, 0.6) is 0 Å². The van der Waals surface area contributed by atoms with Gasteiger partial charge in [-0.3, -0.25) is 0 Å². The topological polar surface area (TPSA) is 12.0 Å². The third-order valence-electron chi connectivity index (χ3n) is 2.84. The van der Waals surface area contributed by atoms with E-state index in [-0.39, 0.29) is 6.04 Å². The van der Waals surface area contributed by atoms with Gasteiger partial charge in [-0.25, -0.2) is 8.78 Å². The van der Waals surface area contributed by atoms with Crippen molar-refractivity contribution < 1.29 is 8.78 Å². The monoisotopic (exact) mass is 223 g/mol. The van der Waals surface area contributed by atoms with E-state index in [4.69, 9.17) is 0 Å². The maximum Gasteiger partial charge on any atom is 0.166 e. The minimum atomic E-state index is -0.793. The van der Waals surface area contributed by atoms with Crippen LogP contribution in [0.25, 0.3) is 6.08 Å². The average molecular weight is 223 g/mol. The van der Waals surface area contributed by atoms with Gasteiger partial charge >= 0.3 is 0 Å². The Morgan fingerprint density at radius 1 is 1.25 bits per heavy atom. The average Bonchev–Trinajstić information content (AvgIpc) is 2.32. The van der Waals surface area contributed by atoms with Gasteiger partial charge in [0.2, 0.25) is 0 Å². The molecule has 0 aromatic heterocycles. The second kappa shape index (κ2) is 5.21. The quantitative estimate of drug-likeness (QED) is 0.812. The molecule has 0 aliphatic carbocycles. The molecule has 0 bridgehead atoms. The Morgan fingerprint density at radius 2 is 2.12 bits per heavy atom. The fourth-order valence-electron chi connectivity index (χ4n) is 1.91. The molecule has 0 spiro atoms. The maximum atomic E-state index is 13.3. The fourth-order valence-corrected chi connectivity index (χ4v) is 1.91. The van der Waals surface area contributed by atoms with Gasteiger partial charge < -0.3 is 5.32 Å². The largest absolute Gasteiger partial charge is 0.311 e. The van der Waals surface area contributed by atoms with Crippen LogP contribution < -0.4 is 5.32 Å². The van der Waals surface area contributed by atoms with Crippen LogP contribution in [0.15, 0.2) is 24.3 Å². The van der Waals surface area contributed by atoms with Crippen molar-refractivity contribution in [1.82, 2.24) is 5.32 Å². The number of benzene rings is 1. The minimum Gasteiger partial charge on any atom is -0.311 e. The Hall–Kier alpha value is -1.22. The predicted molar refractivity (Wildman–Crippen MR) is 61.0 cm³/mol. The highest BCUT2D eigenvalue weighted by atomic mass is 19.2. The van der Waals surface area contributed by atoms with Gasteiger partial charge in [0.15, 0.2) is 11.6 Å². The lowest BCUT2D eigenvalue weighted by atomic mass is 10.0. The van der Waals surface area contributed by atoms with Gasteiger partial charge in [-0.2, -0.15) is 0 Å². The summed E-state index contributed by atoms with van der Waals surface area (Å²) in [6.45, 7) is 1.00. The first-order valence-corrected chi connectivity index (χ1v) is 5.63. The van der Waals surface area contributed by atoms with Crippen molar-refractivity contribution in [3.8, 4) is 0 Å². The van der Waals surface area contributed by atoms with E-state index < -0.39 is 11.6 Å². The molecule has 1 aliphatic rings. The molecular formula is C13H15F2N. The van der Waals surface area contributed by atoms with E-state index in [0.29, 0.717) is 5.56 Å². The van der Waals surface area contributed by atoms with Crippen LogP contribution in [0.4, 0.5) is 8.78 Å². The van der Waals surface area contributed by atoms with E-state index in [1.807, 2.05) is 6.08 Å². The Labute approximate surface area is 94.2 Å². The van der Waals surface area contributed by atoms with Crippen molar-refractivity contribution in [2.24, 2.45) is 0 Å². The summed E-state index contributed by atoms with van der Waals surface area (Å²) in [7, 11) is 0. The number of halogens is 2. The van der Waals surface area contributed by atoms with Gasteiger partial charge in [0.05, 0.1) is 0 Å².